The summed E-state index contributed by atoms with van der Waals surface area (Å²) >= 11 is 6.18. The summed E-state index contributed by atoms with van der Waals surface area (Å²) in [5.41, 5.74) is 3.45. The fourth-order valence-electron chi connectivity index (χ4n) is 2.26. The van der Waals surface area contributed by atoms with Crippen LogP contribution in [0, 0.1) is 13.8 Å². The quantitative estimate of drug-likeness (QED) is 0.942. The minimum Gasteiger partial charge on any atom is -0.481 e. The maximum absolute atomic E-state index is 11.5. The molecule has 0 saturated heterocycles. The molecule has 0 bridgehead atoms. The molecular weight excluding hydrogens is 276 g/mol. The Morgan fingerprint density at radius 1 is 1.35 bits per heavy atom. The van der Waals surface area contributed by atoms with Crippen LogP contribution < -0.4 is 0 Å². The molecule has 1 aromatic heterocycles. The van der Waals surface area contributed by atoms with E-state index in [0.29, 0.717) is 11.6 Å². The predicted octanol–water partition coefficient (Wildman–Crippen LogP) is 3.10. The van der Waals surface area contributed by atoms with Crippen molar-refractivity contribution in [2.24, 2.45) is 7.05 Å². The average Bonchev–Trinajstić information content (AvgIpc) is 2.62. The summed E-state index contributed by atoms with van der Waals surface area (Å²) in [4.78, 5) is 11.5. The first-order valence-electron chi connectivity index (χ1n) is 6.37. The Bertz CT molecular complexity index is 632. The molecule has 1 heterocycles. The zero-order chi connectivity index (χ0) is 14.9. The molecule has 0 spiro atoms. The van der Waals surface area contributed by atoms with E-state index in [9.17, 15) is 9.90 Å². The molecule has 5 heteroatoms. The van der Waals surface area contributed by atoms with E-state index in [0.717, 1.165) is 22.4 Å². The maximum Gasteiger partial charge on any atom is 0.311 e. The van der Waals surface area contributed by atoms with Crippen molar-refractivity contribution in [3.05, 3.63) is 51.8 Å². The smallest absolute Gasteiger partial charge is 0.311 e. The summed E-state index contributed by atoms with van der Waals surface area (Å²) in [6.07, 6.45) is 0.344. The second kappa shape index (κ2) is 5.67. The lowest BCUT2D eigenvalue weighted by Crippen LogP contribution is -2.15. The SMILES string of the molecule is Cc1ccc(C(Cc2c(C)nn(C)c2Cl)C(=O)O)cc1. The summed E-state index contributed by atoms with van der Waals surface area (Å²) in [6, 6.07) is 7.55. The highest BCUT2D eigenvalue weighted by atomic mass is 35.5. The predicted molar refractivity (Wildman–Crippen MR) is 78.2 cm³/mol. The molecule has 0 aliphatic heterocycles. The molecule has 2 aromatic rings. The van der Waals surface area contributed by atoms with Gasteiger partial charge in [-0.3, -0.25) is 9.48 Å². The molecule has 0 aliphatic rings. The van der Waals surface area contributed by atoms with Crippen molar-refractivity contribution < 1.29 is 9.90 Å². The molecule has 0 aliphatic carbocycles. The molecule has 1 N–H and O–H groups in total. The van der Waals surface area contributed by atoms with Crippen molar-refractivity contribution in [3.63, 3.8) is 0 Å². The van der Waals surface area contributed by atoms with Crippen molar-refractivity contribution in [2.75, 3.05) is 0 Å². The largest absolute Gasteiger partial charge is 0.481 e. The van der Waals surface area contributed by atoms with E-state index in [-0.39, 0.29) is 0 Å². The number of aryl methyl sites for hydroxylation is 3. The Kier molecular flexibility index (Phi) is 4.14. The van der Waals surface area contributed by atoms with Gasteiger partial charge in [0.2, 0.25) is 0 Å². The van der Waals surface area contributed by atoms with Gasteiger partial charge in [0.05, 0.1) is 11.6 Å². The Morgan fingerprint density at radius 2 is 1.95 bits per heavy atom. The van der Waals surface area contributed by atoms with Crippen LogP contribution in [-0.2, 0) is 18.3 Å². The van der Waals surface area contributed by atoms with Crippen LogP contribution in [0.2, 0.25) is 5.15 Å². The first-order valence-corrected chi connectivity index (χ1v) is 6.75. The Morgan fingerprint density at radius 3 is 2.40 bits per heavy atom. The van der Waals surface area contributed by atoms with Crippen molar-refractivity contribution in [3.8, 4) is 0 Å². The molecule has 20 heavy (non-hydrogen) atoms. The van der Waals surface area contributed by atoms with E-state index in [1.165, 1.54) is 0 Å². The summed E-state index contributed by atoms with van der Waals surface area (Å²) in [6.45, 7) is 3.82. The van der Waals surface area contributed by atoms with Crippen LogP contribution in [-0.4, -0.2) is 20.9 Å². The van der Waals surface area contributed by atoms with E-state index < -0.39 is 11.9 Å². The van der Waals surface area contributed by atoms with Gasteiger partial charge in [0.15, 0.2) is 0 Å². The molecule has 106 valence electrons. The minimum absolute atomic E-state index is 0.344. The highest BCUT2D eigenvalue weighted by Gasteiger charge is 2.24. The second-order valence-electron chi connectivity index (χ2n) is 4.98. The van der Waals surface area contributed by atoms with Gasteiger partial charge in [-0.15, -0.1) is 0 Å². The van der Waals surface area contributed by atoms with Gasteiger partial charge in [0.25, 0.3) is 0 Å². The minimum atomic E-state index is -0.854. The number of halogens is 1. The van der Waals surface area contributed by atoms with E-state index >= 15 is 0 Å². The van der Waals surface area contributed by atoms with E-state index in [4.69, 9.17) is 11.6 Å². The zero-order valence-corrected chi connectivity index (χ0v) is 12.5. The summed E-state index contributed by atoms with van der Waals surface area (Å²) in [5, 5.41) is 14.2. The molecule has 0 radical (unpaired) electrons. The lowest BCUT2D eigenvalue weighted by molar-refractivity contribution is -0.138. The number of carboxylic acids is 1. The van der Waals surface area contributed by atoms with E-state index in [2.05, 4.69) is 5.10 Å². The molecule has 4 nitrogen and oxygen atoms in total. The van der Waals surface area contributed by atoms with Gasteiger partial charge in [0.1, 0.15) is 5.15 Å². The first-order chi connectivity index (χ1) is 9.40. The van der Waals surface area contributed by atoms with Crippen molar-refractivity contribution >= 4 is 17.6 Å². The Balaban J connectivity index is 2.35. The van der Waals surface area contributed by atoms with Gasteiger partial charge in [-0.25, -0.2) is 0 Å². The lowest BCUT2D eigenvalue weighted by Gasteiger charge is -2.13. The topological polar surface area (TPSA) is 55.1 Å². The normalized spacial score (nSPS) is 12.4. The molecule has 0 fully saturated rings. The molecule has 1 aromatic carbocycles. The molecule has 0 saturated carbocycles. The number of benzene rings is 1. The monoisotopic (exact) mass is 292 g/mol. The van der Waals surface area contributed by atoms with Crippen LogP contribution in [0.5, 0.6) is 0 Å². The number of aliphatic carboxylic acids is 1. The van der Waals surface area contributed by atoms with Gasteiger partial charge in [0, 0.05) is 12.6 Å². The molecular formula is C15H17ClN2O2. The van der Waals surface area contributed by atoms with Gasteiger partial charge in [-0.1, -0.05) is 41.4 Å². The van der Waals surface area contributed by atoms with Gasteiger partial charge >= 0.3 is 5.97 Å². The average molecular weight is 293 g/mol. The van der Waals surface area contributed by atoms with Crippen molar-refractivity contribution in [1.82, 2.24) is 9.78 Å². The first kappa shape index (κ1) is 14.6. The van der Waals surface area contributed by atoms with Crippen LogP contribution in [0.4, 0.5) is 0 Å². The maximum atomic E-state index is 11.5. The van der Waals surface area contributed by atoms with Crippen LogP contribution in [0.25, 0.3) is 0 Å². The Labute approximate surface area is 123 Å². The molecule has 2 rings (SSSR count). The van der Waals surface area contributed by atoms with Gasteiger partial charge in [-0.05, 0) is 25.8 Å². The molecule has 1 unspecified atom stereocenters. The highest BCUT2D eigenvalue weighted by Crippen LogP contribution is 2.27. The van der Waals surface area contributed by atoms with Crippen LogP contribution in [0.3, 0.4) is 0 Å². The number of carbonyl (C=O) groups is 1. The summed E-state index contributed by atoms with van der Waals surface area (Å²) in [7, 11) is 1.75. The third-order valence-electron chi connectivity index (χ3n) is 3.46. The molecule has 0 amide bonds. The number of hydrogen-bond acceptors (Lipinski definition) is 2. The number of nitrogens with zero attached hydrogens (tertiary/aromatic N) is 2. The lowest BCUT2D eigenvalue weighted by atomic mass is 9.92. The number of rotatable bonds is 4. The van der Waals surface area contributed by atoms with Gasteiger partial charge in [-0.2, -0.15) is 5.10 Å². The highest BCUT2D eigenvalue weighted by molar-refractivity contribution is 6.30. The number of aromatic nitrogens is 2. The van der Waals surface area contributed by atoms with E-state index in [1.807, 2.05) is 38.1 Å². The van der Waals surface area contributed by atoms with E-state index in [1.54, 1.807) is 11.7 Å². The summed E-state index contributed by atoms with van der Waals surface area (Å²) in [5.74, 6) is -1.47. The number of hydrogen-bond donors (Lipinski definition) is 1. The zero-order valence-electron chi connectivity index (χ0n) is 11.7. The fraction of sp³-hybridized carbons (Fsp3) is 0.333. The second-order valence-corrected chi connectivity index (χ2v) is 5.34. The van der Waals surface area contributed by atoms with Crippen LogP contribution in [0.1, 0.15) is 28.3 Å². The number of carboxylic acid groups (broad SMARTS) is 1. The fourth-order valence-corrected chi connectivity index (χ4v) is 2.51. The Hall–Kier alpha value is -1.81. The molecule has 1 atom stereocenters. The van der Waals surface area contributed by atoms with Crippen LogP contribution in [0.15, 0.2) is 24.3 Å². The van der Waals surface area contributed by atoms with Gasteiger partial charge < -0.3 is 5.11 Å². The van der Waals surface area contributed by atoms with Crippen LogP contribution >= 0.6 is 11.6 Å². The van der Waals surface area contributed by atoms with Crippen molar-refractivity contribution in [1.29, 1.82) is 0 Å². The summed E-state index contributed by atoms with van der Waals surface area (Å²) < 4.78 is 1.57. The third kappa shape index (κ3) is 2.85. The third-order valence-corrected chi connectivity index (χ3v) is 3.93. The standard InChI is InChI=1S/C15H17ClN2O2/c1-9-4-6-11(7-5-9)13(15(19)20)8-12-10(2)17-18(3)14(12)16/h4-7,13H,8H2,1-3H3,(H,19,20). The van der Waals surface area contributed by atoms with Crippen molar-refractivity contribution in [2.45, 2.75) is 26.2 Å².